The maximum Gasteiger partial charge on any atom is 0.255 e. The van der Waals surface area contributed by atoms with Crippen LogP contribution >= 0.6 is 0 Å². The third-order valence-electron chi connectivity index (χ3n) is 4.68. The molecule has 0 aromatic heterocycles. The number of rotatable bonds is 3. The van der Waals surface area contributed by atoms with Crippen molar-refractivity contribution in [2.24, 2.45) is 0 Å². The first kappa shape index (κ1) is 16.4. The monoisotopic (exact) mass is 323 g/mol. The van der Waals surface area contributed by atoms with Crippen LogP contribution in [0.25, 0.3) is 0 Å². The molecule has 1 fully saturated rings. The Kier molecular flexibility index (Phi) is 4.74. The quantitative estimate of drug-likeness (QED) is 0.832. The highest BCUT2D eigenvalue weighted by Gasteiger charge is 2.20. The second-order valence-electron chi connectivity index (χ2n) is 6.64. The molecule has 1 saturated heterocycles. The number of anilines is 3. The van der Waals surface area contributed by atoms with Crippen molar-refractivity contribution in [1.29, 1.82) is 0 Å². The second kappa shape index (κ2) is 6.95. The average molecular weight is 323 g/mol. The normalized spacial score (nSPS) is 17.6. The molecule has 24 heavy (non-hydrogen) atoms. The summed E-state index contributed by atoms with van der Waals surface area (Å²) in [5.41, 5.74) is 10.5. The van der Waals surface area contributed by atoms with Gasteiger partial charge in [-0.3, -0.25) is 4.79 Å². The molecule has 1 aliphatic heterocycles. The van der Waals surface area contributed by atoms with Crippen LogP contribution in [0.15, 0.2) is 42.5 Å². The Morgan fingerprint density at radius 2 is 2.04 bits per heavy atom. The standard InChI is InChI=1S/C20H25N3O/c1-14-6-5-8-16(12-14)20(24)22-17-9-10-19(18(21)13-17)23-11-4-3-7-15(23)2/h5-6,8-10,12-13,15H,3-4,7,11,21H2,1-2H3,(H,22,24). The molecular weight excluding hydrogens is 298 g/mol. The van der Waals surface area contributed by atoms with Gasteiger partial charge in [-0.1, -0.05) is 17.7 Å². The fraction of sp³-hybridized carbons (Fsp3) is 0.350. The van der Waals surface area contributed by atoms with Gasteiger partial charge in [-0.25, -0.2) is 0 Å². The number of piperidine rings is 1. The molecule has 1 atom stereocenters. The molecule has 2 aromatic carbocycles. The topological polar surface area (TPSA) is 58.4 Å². The third kappa shape index (κ3) is 3.53. The van der Waals surface area contributed by atoms with Crippen LogP contribution in [0, 0.1) is 6.92 Å². The number of nitrogens with zero attached hydrogens (tertiary/aromatic N) is 1. The molecule has 0 saturated carbocycles. The summed E-state index contributed by atoms with van der Waals surface area (Å²) in [4.78, 5) is 14.7. The van der Waals surface area contributed by atoms with Crippen LogP contribution in [-0.4, -0.2) is 18.5 Å². The van der Waals surface area contributed by atoms with Gasteiger partial charge in [0.05, 0.1) is 11.4 Å². The van der Waals surface area contributed by atoms with E-state index in [0.717, 1.165) is 23.5 Å². The van der Waals surface area contributed by atoms with Crippen LogP contribution < -0.4 is 16.0 Å². The van der Waals surface area contributed by atoms with Gasteiger partial charge in [-0.15, -0.1) is 0 Å². The van der Waals surface area contributed by atoms with E-state index in [1.54, 1.807) is 0 Å². The van der Waals surface area contributed by atoms with Crippen molar-refractivity contribution in [3.63, 3.8) is 0 Å². The van der Waals surface area contributed by atoms with E-state index in [1.165, 1.54) is 19.3 Å². The van der Waals surface area contributed by atoms with Crippen LogP contribution in [0.1, 0.15) is 42.1 Å². The molecule has 0 spiro atoms. The Morgan fingerprint density at radius 1 is 1.21 bits per heavy atom. The summed E-state index contributed by atoms with van der Waals surface area (Å²) >= 11 is 0. The number of aryl methyl sites for hydroxylation is 1. The molecule has 3 N–H and O–H groups in total. The van der Waals surface area contributed by atoms with E-state index >= 15 is 0 Å². The second-order valence-corrected chi connectivity index (χ2v) is 6.64. The number of nitrogens with two attached hydrogens (primary N) is 1. The van der Waals surface area contributed by atoms with Gasteiger partial charge in [-0.05, 0) is 63.4 Å². The molecule has 0 bridgehead atoms. The van der Waals surface area contributed by atoms with E-state index in [4.69, 9.17) is 5.73 Å². The molecule has 1 heterocycles. The first-order valence-electron chi connectivity index (χ1n) is 8.59. The molecular formula is C20H25N3O. The van der Waals surface area contributed by atoms with Gasteiger partial charge in [0.1, 0.15) is 0 Å². The summed E-state index contributed by atoms with van der Waals surface area (Å²) in [5.74, 6) is -0.114. The lowest BCUT2D eigenvalue weighted by atomic mass is 10.0. The van der Waals surface area contributed by atoms with Crippen molar-refractivity contribution in [2.75, 3.05) is 22.5 Å². The third-order valence-corrected chi connectivity index (χ3v) is 4.68. The van der Waals surface area contributed by atoms with Crippen LogP contribution in [0.3, 0.4) is 0 Å². The molecule has 0 aliphatic carbocycles. The van der Waals surface area contributed by atoms with Crippen molar-refractivity contribution in [3.8, 4) is 0 Å². The molecule has 3 rings (SSSR count). The molecule has 2 aromatic rings. The molecule has 126 valence electrons. The highest BCUT2D eigenvalue weighted by Crippen LogP contribution is 2.31. The summed E-state index contributed by atoms with van der Waals surface area (Å²) in [5, 5.41) is 2.93. The van der Waals surface area contributed by atoms with E-state index in [9.17, 15) is 4.79 Å². The SMILES string of the molecule is Cc1cccc(C(=O)Nc2ccc(N3CCCCC3C)c(N)c2)c1. The number of carbonyl (C=O) groups excluding carboxylic acids is 1. The fourth-order valence-corrected chi connectivity index (χ4v) is 3.34. The smallest absolute Gasteiger partial charge is 0.255 e. The minimum Gasteiger partial charge on any atom is -0.397 e. The summed E-state index contributed by atoms with van der Waals surface area (Å²) in [7, 11) is 0. The summed E-state index contributed by atoms with van der Waals surface area (Å²) < 4.78 is 0. The summed E-state index contributed by atoms with van der Waals surface area (Å²) in [6.07, 6.45) is 3.68. The van der Waals surface area contributed by atoms with Crippen LogP contribution in [0.2, 0.25) is 0 Å². The van der Waals surface area contributed by atoms with E-state index in [0.29, 0.717) is 17.3 Å². The Bertz CT molecular complexity index is 741. The number of nitrogen functional groups attached to an aromatic ring is 1. The van der Waals surface area contributed by atoms with Gasteiger partial charge in [0.25, 0.3) is 5.91 Å². The van der Waals surface area contributed by atoms with Gasteiger partial charge >= 0.3 is 0 Å². The van der Waals surface area contributed by atoms with E-state index in [1.807, 2.05) is 49.4 Å². The zero-order valence-electron chi connectivity index (χ0n) is 14.4. The van der Waals surface area contributed by atoms with Crippen LogP contribution in [-0.2, 0) is 0 Å². The van der Waals surface area contributed by atoms with Crippen LogP contribution in [0.4, 0.5) is 17.1 Å². The van der Waals surface area contributed by atoms with Crippen molar-refractivity contribution in [3.05, 3.63) is 53.6 Å². The highest BCUT2D eigenvalue weighted by atomic mass is 16.1. The summed E-state index contributed by atoms with van der Waals surface area (Å²) in [6.45, 7) is 5.26. The predicted octanol–water partition coefficient (Wildman–Crippen LogP) is 4.21. The van der Waals surface area contributed by atoms with Crippen molar-refractivity contribution < 1.29 is 4.79 Å². The molecule has 4 nitrogen and oxygen atoms in total. The van der Waals surface area contributed by atoms with E-state index < -0.39 is 0 Å². The maximum absolute atomic E-state index is 12.4. The number of nitrogens with one attached hydrogen (secondary N) is 1. The number of carbonyl (C=O) groups is 1. The molecule has 1 aliphatic rings. The Hall–Kier alpha value is -2.49. The number of benzene rings is 2. The van der Waals surface area contributed by atoms with Crippen LogP contribution in [0.5, 0.6) is 0 Å². The maximum atomic E-state index is 12.4. The zero-order valence-corrected chi connectivity index (χ0v) is 14.4. The fourth-order valence-electron chi connectivity index (χ4n) is 3.34. The predicted molar refractivity (Wildman–Crippen MR) is 101 cm³/mol. The number of hydrogen-bond donors (Lipinski definition) is 2. The lowest BCUT2D eigenvalue weighted by Gasteiger charge is -2.36. The summed E-state index contributed by atoms with van der Waals surface area (Å²) in [6, 6.07) is 13.9. The van der Waals surface area contributed by atoms with E-state index in [-0.39, 0.29) is 5.91 Å². The Morgan fingerprint density at radius 3 is 2.75 bits per heavy atom. The largest absolute Gasteiger partial charge is 0.397 e. The Balaban J connectivity index is 1.76. The van der Waals surface area contributed by atoms with Crippen molar-refractivity contribution >= 4 is 23.0 Å². The highest BCUT2D eigenvalue weighted by molar-refractivity contribution is 6.04. The van der Waals surface area contributed by atoms with E-state index in [2.05, 4.69) is 17.1 Å². The first-order valence-corrected chi connectivity index (χ1v) is 8.59. The number of amides is 1. The minimum atomic E-state index is -0.114. The minimum absolute atomic E-state index is 0.114. The Labute approximate surface area is 143 Å². The number of hydrogen-bond acceptors (Lipinski definition) is 3. The lowest BCUT2D eigenvalue weighted by molar-refractivity contribution is 0.102. The average Bonchev–Trinajstić information content (AvgIpc) is 2.56. The lowest BCUT2D eigenvalue weighted by Crippen LogP contribution is -2.37. The molecule has 1 amide bonds. The van der Waals surface area contributed by atoms with Crippen molar-refractivity contribution in [2.45, 2.75) is 39.2 Å². The van der Waals surface area contributed by atoms with Gasteiger partial charge in [0.15, 0.2) is 0 Å². The molecule has 1 unspecified atom stereocenters. The van der Waals surface area contributed by atoms with Gasteiger partial charge in [0.2, 0.25) is 0 Å². The van der Waals surface area contributed by atoms with Gasteiger partial charge in [-0.2, -0.15) is 0 Å². The first-order chi connectivity index (χ1) is 11.5. The van der Waals surface area contributed by atoms with Gasteiger partial charge in [0, 0.05) is 23.8 Å². The molecule has 4 heteroatoms. The van der Waals surface area contributed by atoms with Crippen molar-refractivity contribution in [1.82, 2.24) is 0 Å². The molecule has 0 radical (unpaired) electrons. The zero-order chi connectivity index (χ0) is 17.1. The van der Waals surface area contributed by atoms with Gasteiger partial charge < -0.3 is 16.0 Å².